The molecule has 1 aromatic rings. The topological polar surface area (TPSA) is 76.7 Å². The minimum absolute atomic E-state index is 0.190. The molecule has 0 aromatic heterocycles. The molecule has 0 radical (unpaired) electrons. The smallest absolute Gasteiger partial charge is 0.325 e. The molecule has 0 atom stereocenters. The van der Waals surface area contributed by atoms with Gasteiger partial charge in [0.15, 0.2) is 0 Å². The van der Waals surface area contributed by atoms with Crippen molar-refractivity contribution >= 4 is 49.5 Å². The third-order valence-corrected chi connectivity index (χ3v) is 3.46. The average Bonchev–Trinajstić information content (AvgIpc) is 2.40. The van der Waals surface area contributed by atoms with Gasteiger partial charge in [-0.05, 0) is 44.8 Å². The molecular formula is C12H14Br2N2O4. The molecule has 0 fully saturated rings. The second-order valence-electron chi connectivity index (χ2n) is 3.58. The van der Waals surface area contributed by atoms with Crippen LogP contribution in [0.4, 0.5) is 10.5 Å². The van der Waals surface area contributed by atoms with Gasteiger partial charge in [0.05, 0.1) is 23.9 Å². The van der Waals surface area contributed by atoms with Crippen LogP contribution in [0.25, 0.3) is 0 Å². The molecule has 2 amide bonds. The molecule has 6 nitrogen and oxygen atoms in total. The van der Waals surface area contributed by atoms with Gasteiger partial charge in [0.25, 0.3) is 0 Å². The number of hydrogen-bond acceptors (Lipinski definition) is 4. The van der Waals surface area contributed by atoms with Gasteiger partial charge in [-0.1, -0.05) is 0 Å². The first-order valence-electron chi connectivity index (χ1n) is 5.71. The summed E-state index contributed by atoms with van der Waals surface area (Å²) in [6.45, 7) is 1.78. The highest BCUT2D eigenvalue weighted by atomic mass is 79.9. The fourth-order valence-corrected chi connectivity index (χ4v) is 2.57. The number of urea groups is 1. The number of amides is 2. The first-order valence-corrected chi connectivity index (χ1v) is 7.30. The number of benzene rings is 1. The van der Waals surface area contributed by atoms with Gasteiger partial charge >= 0.3 is 12.0 Å². The van der Waals surface area contributed by atoms with Gasteiger partial charge in [0.2, 0.25) is 0 Å². The van der Waals surface area contributed by atoms with E-state index in [2.05, 4.69) is 42.5 Å². The van der Waals surface area contributed by atoms with Gasteiger partial charge in [-0.25, -0.2) is 4.79 Å². The summed E-state index contributed by atoms with van der Waals surface area (Å²) in [6, 6.07) is 2.89. The molecule has 0 bridgehead atoms. The van der Waals surface area contributed by atoms with Crippen molar-refractivity contribution in [1.82, 2.24) is 5.32 Å². The lowest BCUT2D eigenvalue weighted by atomic mass is 10.3. The molecule has 1 rings (SSSR count). The SMILES string of the molecule is CCOC(=O)CNC(=O)Nc1cc(OC)c(Br)cc1Br. The zero-order valence-corrected chi connectivity index (χ0v) is 14.1. The Morgan fingerprint density at radius 3 is 2.55 bits per heavy atom. The maximum Gasteiger partial charge on any atom is 0.325 e. The van der Waals surface area contributed by atoms with Crippen LogP contribution in [0, 0.1) is 0 Å². The van der Waals surface area contributed by atoms with Crippen molar-refractivity contribution in [3.8, 4) is 5.75 Å². The molecular weight excluding hydrogens is 396 g/mol. The Hall–Kier alpha value is -1.28. The number of anilines is 1. The number of esters is 1. The number of hydrogen-bond donors (Lipinski definition) is 2. The summed E-state index contributed by atoms with van der Waals surface area (Å²) in [6.07, 6.45) is 0. The van der Waals surface area contributed by atoms with Crippen molar-refractivity contribution in [2.75, 3.05) is 25.6 Å². The van der Waals surface area contributed by atoms with Crippen LogP contribution in [0.3, 0.4) is 0 Å². The molecule has 0 heterocycles. The van der Waals surface area contributed by atoms with Crippen molar-refractivity contribution in [2.45, 2.75) is 6.92 Å². The minimum atomic E-state index is -0.511. The molecule has 1 aromatic carbocycles. The molecule has 0 unspecified atom stereocenters. The van der Waals surface area contributed by atoms with Crippen molar-refractivity contribution in [3.05, 3.63) is 21.1 Å². The first-order chi connectivity index (χ1) is 9.47. The van der Waals surface area contributed by atoms with E-state index >= 15 is 0 Å². The molecule has 0 saturated carbocycles. The third kappa shape index (κ3) is 5.01. The van der Waals surface area contributed by atoms with Crippen LogP contribution in [0.1, 0.15) is 6.92 Å². The number of carbonyl (C=O) groups is 2. The van der Waals surface area contributed by atoms with E-state index in [1.54, 1.807) is 19.1 Å². The third-order valence-electron chi connectivity index (χ3n) is 2.19. The Kier molecular flexibility index (Phi) is 6.80. The fourth-order valence-electron chi connectivity index (χ4n) is 1.31. The van der Waals surface area contributed by atoms with E-state index in [1.807, 2.05) is 0 Å². The molecule has 0 aliphatic heterocycles. The second kappa shape index (κ2) is 8.11. The van der Waals surface area contributed by atoms with Gasteiger partial charge in [0.1, 0.15) is 12.3 Å². The maximum absolute atomic E-state index is 11.7. The van der Waals surface area contributed by atoms with Crippen LogP contribution < -0.4 is 15.4 Å². The van der Waals surface area contributed by atoms with Crippen molar-refractivity contribution in [2.24, 2.45) is 0 Å². The van der Waals surface area contributed by atoms with E-state index in [9.17, 15) is 9.59 Å². The van der Waals surface area contributed by atoms with E-state index in [1.165, 1.54) is 7.11 Å². The maximum atomic E-state index is 11.7. The highest BCUT2D eigenvalue weighted by Crippen LogP contribution is 2.34. The van der Waals surface area contributed by atoms with Gasteiger partial charge in [-0.2, -0.15) is 0 Å². The quantitative estimate of drug-likeness (QED) is 0.733. The second-order valence-corrected chi connectivity index (χ2v) is 5.29. The summed E-state index contributed by atoms with van der Waals surface area (Å²) in [7, 11) is 1.53. The van der Waals surface area contributed by atoms with Crippen LogP contribution >= 0.6 is 31.9 Å². The lowest BCUT2D eigenvalue weighted by Crippen LogP contribution is -2.34. The van der Waals surface area contributed by atoms with Crippen LogP contribution in [-0.2, 0) is 9.53 Å². The number of ether oxygens (including phenoxy) is 2. The number of halogens is 2. The standard InChI is InChI=1S/C12H14Br2N2O4/c1-3-20-11(17)6-15-12(18)16-9-5-10(19-2)8(14)4-7(9)13/h4-5H,3,6H2,1-2H3,(H2,15,16,18). The molecule has 8 heteroatoms. The minimum Gasteiger partial charge on any atom is -0.495 e. The Labute approximate surface area is 133 Å². The number of carbonyl (C=O) groups excluding carboxylic acids is 2. The zero-order valence-electron chi connectivity index (χ0n) is 11.0. The summed E-state index contributed by atoms with van der Waals surface area (Å²) in [5.41, 5.74) is 0.520. The van der Waals surface area contributed by atoms with E-state index in [-0.39, 0.29) is 13.2 Å². The predicted molar refractivity (Wildman–Crippen MR) is 82.0 cm³/mol. The highest BCUT2D eigenvalue weighted by molar-refractivity contribution is 9.11. The Morgan fingerprint density at radius 2 is 1.95 bits per heavy atom. The van der Waals surface area contributed by atoms with Gasteiger partial charge < -0.3 is 20.1 Å². The average molecular weight is 410 g/mol. The molecule has 0 saturated heterocycles. The Bertz CT molecular complexity index is 508. The fraction of sp³-hybridized carbons (Fsp3) is 0.333. The predicted octanol–water partition coefficient (Wildman–Crippen LogP) is 2.90. The lowest BCUT2D eigenvalue weighted by molar-refractivity contribution is -0.141. The molecule has 110 valence electrons. The summed E-state index contributed by atoms with van der Waals surface area (Å²) < 4.78 is 11.3. The van der Waals surface area contributed by atoms with Crippen molar-refractivity contribution in [1.29, 1.82) is 0 Å². The molecule has 0 spiro atoms. The van der Waals surface area contributed by atoms with Crippen molar-refractivity contribution in [3.63, 3.8) is 0 Å². The summed E-state index contributed by atoms with van der Waals surface area (Å²) >= 11 is 6.65. The summed E-state index contributed by atoms with van der Waals surface area (Å²) in [5.74, 6) is 0.0870. The van der Waals surface area contributed by atoms with Crippen LogP contribution in [-0.4, -0.2) is 32.3 Å². The Morgan fingerprint density at radius 1 is 1.25 bits per heavy atom. The normalized spacial score (nSPS) is 9.80. The highest BCUT2D eigenvalue weighted by Gasteiger charge is 2.11. The van der Waals surface area contributed by atoms with Crippen LogP contribution in [0.2, 0.25) is 0 Å². The Balaban J connectivity index is 2.64. The largest absolute Gasteiger partial charge is 0.495 e. The van der Waals surface area contributed by atoms with Crippen LogP contribution in [0.5, 0.6) is 5.75 Å². The number of methoxy groups -OCH3 is 1. The monoisotopic (exact) mass is 408 g/mol. The van der Waals surface area contributed by atoms with Crippen LogP contribution in [0.15, 0.2) is 21.1 Å². The van der Waals surface area contributed by atoms with E-state index in [0.29, 0.717) is 15.9 Å². The number of rotatable bonds is 5. The van der Waals surface area contributed by atoms with Gasteiger partial charge in [-0.3, -0.25) is 4.79 Å². The van der Waals surface area contributed by atoms with E-state index in [4.69, 9.17) is 9.47 Å². The number of nitrogens with one attached hydrogen (secondary N) is 2. The summed E-state index contributed by atoms with van der Waals surface area (Å²) in [4.78, 5) is 22.8. The summed E-state index contributed by atoms with van der Waals surface area (Å²) in [5, 5.41) is 5.00. The molecule has 20 heavy (non-hydrogen) atoms. The molecule has 0 aliphatic carbocycles. The van der Waals surface area contributed by atoms with Gasteiger partial charge in [-0.15, -0.1) is 0 Å². The molecule has 2 N–H and O–H groups in total. The van der Waals surface area contributed by atoms with E-state index < -0.39 is 12.0 Å². The van der Waals surface area contributed by atoms with Gasteiger partial charge in [0, 0.05) is 10.5 Å². The first kappa shape index (κ1) is 16.8. The lowest BCUT2D eigenvalue weighted by Gasteiger charge is -2.11. The van der Waals surface area contributed by atoms with Crippen molar-refractivity contribution < 1.29 is 19.1 Å². The molecule has 0 aliphatic rings. The zero-order chi connectivity index (χ0) is 15.1. The van der Waals surface area contributed by atoms with E-state index in [0.717, 1.165) is 4.47 Å².